The molecule has 1 aliphatic rings. The fourth-order valence-corrected chi connectivity index (χ4v) is 5.91. The number of nitrogens with zero attached hydrogens (tertiary/aromatic N) is 1. The van der Waals surface area contributed by atoms with Crippen molar-refractivity contribution in [2.75, 3.05) is 26.2 Å². The van der Waals surface area contributed by atoms with E-state index in [0.29, 0.717) is 4.57 Å². The lowest BCUT2D eigenvalue weighted by molar-refractivity contribution is -0.894. The zero-order chi connectivity index (χ0) is 27.9. The highest BCUT2D eigenvalue weighted by Gasteiger charge is 2.47. The van der Waals surface area contributed by atoms with Crippen molar-refractivity contribution < 1.29 is 65.5 Å². The van der Waals surface area contributed by atoms with Gasteiger partial charge in [0.15, 0.2) is 12.4 Å². The van der Waals surface area contributed by atoms with Gasteiger partial charge in [0, 0.05) is 12.3 Å². The van der Waals surface area contributed by atoms with Gasteiger partial charge in [-0.2, -0.15) is 4.31 Å². The highest BCUT2D eigenvalue weighted by atomic mass is 31.3. The molecule has 0 spiro atoms. The van der Waals surface area contributed by atoms with Crippen molar-refractivity contribution >= 4 is 23.5 Å². The van der Waals surface area contributed by atoms with Crippen LogP contribution in [0.2, 0.25) is 0 Å². The minimum atomic E-state index is -5.83. The Morgan fingerprint density at radius 2 is 1.67 bits per heavy atom. The molecule has 0 aromatic carbocycles. The van der Waals surface area contributed by atoms with E-state index < -0.39 is 65.9 Å². The smallest absolute Gasteiger partial charge is 0.487 e. The van der Waals surface area contributed by atoms with Gasteiger partial charge in [0.1, 0.15) is 12.2 Å². The third-order valence-electron chi connectivity index (χ3n) is 4.73. The Kier molecular flexibility index (Phi) is 12.5. The summed E-state index contributed by atoms with van der Waals surface area (Å²) in [5, 5.41) is 9.80. The first-order valence-electron chi connectivity index (χ1n) is 10.3. The number of nitrogens with one attached hydrogen (secondary N) is 2. The van der Waals surface area contributed by atoms with E-state index in [0.717, 1.165) is 12.3 Å². The van der Waals surface area contributed by atoms with Crippen molar-refractivity contribution in [1.29, 1.82) is 0 Å². The lowest BCUT2D eigenvalue weighted by atomic mass is 10.1. The number of quaternary nitrogens is 1. The monoisotopic (exact) mass is 587 g/mol. The normalized spacial score (nSPS) is 26.9. The number of hydrogen-bond donors (Lipinski definition) is 6. The van der Waals surface area contributed by atoms with Gasteiger partial charge < -0.3 is 34.3 Å². The van der Waals surface area contributed by atoms with Crippen molar-refractivity contribution in [3.05, 3.63) is 33.1 Å². The summed E-state index contributed by atoms with van der Waals surface area (Å²) in [6, 6.07) is 0.859. The molecule has 1 aromatic rings. The molecule has 0 bridgehead atoms. The minimum absolute atomic E-state index is 0.577. The van der Waals surface area contributed by atoms with Crippen LogP contribution in [0.15, 0.2) is 21.9 Å². The first kappa shape index (κ1) is 32.9. The summed E-state index contributed by atoms with van der Waals surface area (Å²) in [4.78, 5) is 63.2. The third-order valence-corrected chi connectivity index (χ3v) is 8.51. The summed E-state index contributed by atoms with van der Waals surface area (Å²) in [7, 11) is -17.2. The van der Waals surface area contributed by atoms with Crippen molar-refractivity contribution in [3.63, 3.8) is 0 Å². The maximum Gasteiger partial charge on any atom is 0.487 e. The van der Waals surface area contributed by atoms with E-state index in [2.05, 4.69) is 33.9 Å². The molecular formula is C15H29FN3O14P3. The summed E-state index contributed by atoms with van der Waals surface area (Å²) in [5.74, 6) is 0. The average molecular weight is 587 g/mol. The van der Waals surface area contributed by atoms with E-state index >= 15 is 0 Å². The lowest BCUT2D eigenvalue weighted by Crippen LogP contribution is -3.11. The molecule has 1 aliphatic heterocycles. The molecule has 21 heteroatoms. The SMILES string of the molecule is CC[NH+](CC)CC.O=c1ccn([C@@H]2O[C@H](COP(=O)(O)OP(=O)(O)OP(=O)([O-])O)[C@H](O)C2F)c(=O)[nH]1. The molecule has 210 valence electrons. The summed E-state index contributed by atoms with van der Waals surface area (Å²) in [5.41, 5.74) is -1.88. The molecule has 36 heavy (non-hydrogen) atoms. The number of rotatable bonds is 11. The van der Waals surface area contributed by atoms with E-state index in [4.69, 9.17) is 14.5 Å². The topological polar surface area (TPSA) is 251 Å². The average Bonchev–Trinajstić information content (AvgIpc) is 3.00. The number of halogens is 1. The number of aromatic nitrogens is 2. The Labute approximate surface area is 203 Å². The van der Waals surface area contributed by atoms with Crippen LogP contribution >= 0.6 is 23.5 Å². The van der Waals surface area contributed by atoms with Crippen molar-refractivity contribution in [2.24, 2.45) is 0 Å². The van der Waals surface area contributed by atoms with Gasteiger partial charge in [0.25, 0.3) is 13.4 Å². The number of ether oxygens (including phenoxy) is 1. The maximum absolute atomic E-state index is 14.2. The predicted octanol–water partition coefficient (Wildman–Crippen LogP) is -2.22. The number of alkyl halides is 1. The highest BCUT2D eigenvalue weighted by Crippen LogP contribution is 2.65. The Bertz CT molecular complexity index is 1100. The summed E-state index contributed by atoms with van der Waals surface area (Å²) in [6.07, 6.45) is -6.89. The predicted molar refractivity (Wildman–Crippen MR) is 116 cm³/mol. The lowest BCUT2D eigenvalue weighted by Gasteiger charge is -2.21. The number of aliphatic hydroxyl groups excluding tert-OH is 1. The fourth-order valence-electron chi connectivity index (χ4n) is 2.91. The molecule has 7 atom stereocenters. The van der Waals surface area contributed by atoms with E-state index in [-0.39, 0.29) is 0 Å². The number of phosphoric acid groups is 3. The van der Waals surface area contributed by atoms with E-state index in [1.165, 1.54) is 19.6 Å². The van der Waals surface area contributed by atoms with Crippen LogP contribution in [0.1, 0.15) is 27.0 Å². The molecule has 0 amide bonds. The summed E-state index contributed by atoms with van der Waals surface area (Å²) < 4.78 is 64.0. The van der Waals surface area contributed by atoms with E-state index in [9.17, 15) is 42.6 Å². The molecule has 1 aromatic heterocycles. The van der Waals surface area contributed by atoms with Crippen LogP contribution in [0, 0.1) is 0 Å². The molecule has 6 N–H and O–H groups in total. The highest BCUT2D eigenvalue weighted by molar-refractivity contribution is 7.66. The molecular weight excluding hydrogens is 558 g/mol. The van der Waals surface area contributed by atoms with Gasteiger partial charge in [-0.05, 0) is 20.8 Å². The molecule has 0 radical (unpaired) electrons. The standard InChI is InChI=1S/C9H14FN2O14P3.C6H15N/c10-6-7(14)4(24-8(6)12-2-1-5(13)11-9(12)15)3-23-28(19,20)26-29(21,22)25-27(16,17)18;1-4-7(5-2)6-3/h1-2,4,6-8,14H,3H2,(H,19,20)(H,21,22)(H,11,13,15)(H2,16,17,18);4-6H2,1-3H3/t4-,6?,7+,8-;/m1./s1. The molecule has 2 rings (SSSR count). The Morgan fingerprint density at radius 1 is 1.11 bits per heavy atom. The largest absolute Gasteiger partial charge is 0.756 e. The van der Waals surface area contributed by atoms with Crippen molar-refractivity contribution in [2.45, 2.75) is 45.4 Å². The quantitative estimate of drug-likeness (QED) is 0.150. The Hall–Kier alpha value is -1.10. The third kappa shape index (κ3) is 10.7. The van der Waals surface area contributed by atoms with Gasteiger partial charge in [-0.15, -0.1) is 0 Å². The van der Waals surface area contributed by atoms with Crippen LogP contribution in [0.25, 0.3) is 0 Å². The van der Waals surface area contributed by atoms with Crippen LogP contribution in [-0.4, -0.2) is 74.0 Å². The minimum Gasteiger partial charge on any atom is -0.756 e. The van der Waals surface area contributed by atoms with E-state index in [1.807, 2.05) is 4.98 Å². The first-order valence-corrected chi connectivity index (χ1v) is 14.8. The number of aliphatic hydroxyl groups is 1. The molecule has 17 nitrogen and oxygen atoms in total. The van der Waals surface area contributed by atoms with Crippen LogP contribution in [0.5, 0.6) is 0 Å². The summed E-state index contributed by atoms with van der Waals surface area (Å²) >= 11 is 0. The van der Waals surface area contributed by atoms with Gasteiger partial charge in [-0.3, -0.25) is 23.4 Å². The number of aromatic amines is 1. The van der Waals surface area contributed by atoms with Crippen LogP contribution in [0.4, 0.5) is 4.39 Å². The van der Waals surface area contributed by atoms with Gasteiger partial charge >= 0.3 is 21.3 Å². The first-order chi connectivity index (χ1) is 16.4. The van der Waals surface area contributed by atoms with Crippen LogP contribution in [-0.2, 0) is 31.6 Å². The van der Waals surface area contributed by atoms with Crippen LogP contribution in [0.3, 0.4) is 0 Å². The molecule has 0 aliphatic carbocycles. The Morgan fingerprint density at radius 3 is 2.11 bits per heavy atom. The van der Waals surface area contributed by atoms with Crippen LogP contribution < -0.4 is 21.0 Å². The van der Waals surface area contributed by atoms with Gasteiger partial charge in [0.2, 0.25) is 0 Å². The zero-order valence-electron chi connectivity index (χ0n) is 19.3. The van der Waals surface area contributed by atoms with Gasteiger partial charge in [-0.1, -0.05) is 0 Å². The number of phosphoric ester groups is 1. The maximum atomic E-state index is 14.2. The zero-order valence-corrected chi connectivity index (χ0v) is 22.0. The molecule has 2 heterocycles. The van der Waals surface area contributed by atoms with E-state index in [1.54, 1.807) is 4.90 Å². The van der Waals surface area contributed by atoms with Gasteiger partial charge in [-0.25, -0.2) is 22.6 Å². The second-order valence-electron chi connectivity index (χ2n) is 7.19. The number of H-pyrrole nitrogens is 1. The summed E-state index contributed by atoms with van der Waals surface area (Å²) in [6.45, 7) is 9.35. The van der Waals surface area contributed by atoms with Gasteiger partial charge in [0.05, 0.1) is 26.2 Å². The molecule has 1 saturated heterocycles. The van der Waals surface area contributed by atoms with Crippen molar-refractivity contribution in [1.82, 2.24) is 9.55 Å². The number of hydrogen-bond acceptors (Lipinski definition) is 11. The second kappa shape index (κ2) is 13.6. The molecule has 1 fully saturated rings. The second-order valence-corrected chi connectivity index (χ2v) is 11.6. The van der Waals surface area contributed by atoms with Crippen molar-refractivity contribution in [3.8, 4) is 0 Å². The Balaban J connectivity index is 0.000000809. The molecule has 4 unspecified atom stereocenters. The molecule has 0 saturated carbocycles. The fraction of sp³-hybridized carbons (Fsp3) is 0.733.